The highest BCUT2D eigenvalue weighted by Gasteiger charge is 2.25. The Morgan fingerprint density at radius 1 is 1.09 bits per heavy atom. The first-order chi connectivity index (χ1) is 16.0. The number of rotatable bonds is 7. The van der Waals surface area contributed by atoms with Gasteiger partial charge in [0.2, 0.25) is 5.90 Å². The van der Waals surface area contributed by atoms with Crippen molar-refractivity contribution < 1.29 is 23.8 Å². The van der Waals surface area contributed by atoms with Gasteiger partial charge in [-0.15, -0.1) is 0 Å². The SMILES string of the molecule is COc1cc(/C=C2\N=C(c3ccccc3C)OC2=O)cc(Cl)c1OCC(=O)c1ccccc1. The zero-order chi connectivity index (χ0) is 23.4. The van der Waals surface area contributed by atoms with Gasteiger partial charge in [-0.3, -0.25) is 4.79 Å². The monoisotopic (exact) mass is 461 g/mol. The highest BCUT2D eigenvalue weighted by atomic mass is 35.5. The van der Waals surface area contributed by atoms with Gasteiger partial charge in [0.1, 0.15) is 0 Å². The Hall–Kier alpha value is -3.90. The first kappa shape index (κ1) is 22.3. The molecule has 166 valence electrons. The lowest BCUT2D eigenvalue weighted by molar-refractivity contribution is -0.129. The summed E-state index contributed by atoms with van der Waals surface area (Å²) >= 11 is 6.41. The van der Waals surface area contributed by atoms with Crippen LogP contribution in [0.25, 0.3) is 6.08 Å². The number of hydrogen-bond acceptors (Lipinski definition) is 6. The largest absolute Gasteiger partial charge is 0.493 e. The molecule has 1 heterocycles. The summed E-state index contributed by atoms with van der Waals surface area (Å²) in [6.07, 6.45) is 1.56. The van der Waals surface area contributed by atoms with Gasteiger partial charge >= 0.3 is 5.97 Å². The van der Waals surface area contributed by atoms with E-state index in [1.807, 2.05) is 37.3 Å². The average molecular weight is 462 g/mol. The lowest BCUT2D eigenvalue weighted by atomic mass is 10.1. The number of carbonyl (C=O) groups excluding carboxylic acids is 2. The zero-order valence-electron chi connectivity index (χ0n) is 18.0. The van der Waals surface area contributed by atoms with Crippen LogP contribution in [0.3, 0.4) is 0 Å². The van der Waals surface area contributed by atoms with Crippen LogP contribution in [0.15, 0.2) is 77.4 Å². The number of Topliss-reactive ketones (excluding diaryl/α,β-unsaturated/α-hetero) is 1. The topological polar surface area (TPSA) is 74.2 Å². The van der Waals surface area contributed by atoms with Crippen molar-refractivity contribution >= 4 is 35.3 Å². The van der Waals surface area contributed by atoms with Crippen LogP contribution >= 0.6 is 11.6 Å². The Kier molecular flexibility index (Phi) is 6.56. The normalized spacial score (nSPS) is 14.1. The quantitative estimate of drug-likeness (QED) is 0.272. The third-order valence-corrected chi connectivity index (χ3v) is 5.28. The summed E-state index contributed by atoms with van der Waals surface area (Å²) in [5.41, 5.74) is 2.94. The van der Waals surface area contributed by atoms with Crippen LogP contribution in [0.4, 0.5) is 0 Å². The average Bonchev–Trinajstić information content (AvgIpc) is 3.18. The van der Waals surface area contributed by atoms with Gasteiger partial charge in [0, 0.05) is 11.1 Å². The van der Waals surface area contributed by atoms with Gasteiger partial charge in [0.15, 0.2) is 29.6 Å². The Labute approximate surface area is 196 Å². The second-order valence-corrected chi connectivity index (χ2v) is 7.67. The number of hydrogen-bond donors (Lipinski definition) is 0. The van der Waals surface area contributed by atoms with E-state index in [1.165, 1.54) is 7.11 Å². The van der Waals surface area contributed by atoms with Gasteiger partial charge in [-0.05, 0) is 42.3 Å². The molecule has 1 aliphatic rings. The lowest BCUT2D eigenvalue weighted by Gasteiger charge is -2.13. The van der Waals surface area contributed by atoms with E-state index >= 15 is 0 Å². The number of aryl methyl sites for hydroxylation is 1. The third-order valence-electron chi connectivity index (χ3n) is 4.99. The molecule has 0 fully saturated rings. The molecule has 0 saturated heterocycles. The molecule has 0 aromatic heterocycles. The van der Waals surface area contributed by atoms with Crippen LogP contribution in [0, 0.1) is 6.92 Å². The molecule has 0 aliphatic carbocycles. The van der Waals surface area contributed by atoms with Crippen molar-refractivity contribution in [1.82, 2.24) is 0 Å². The van der Waals surface area contributed by atoms with E-state index in [9.17, 15) is 9.59 Å². The standard InChI is InChI=1S/C26H20ClNO5/c1-16-8-6-7-11-19(16)25-28-21(26(30)33-25)13-17-12-20(27)24(23(14-17)31-2)32-15-22(29)18-9-4-3-5-10-18/h3-14H,15H2,1-2H3/b21-13-. The number of cyclic esters (lactones) is 1. The minimum Gasteiger partial charge on any atom is -0.493 e. The van der Waals surface area contributed by atoms with E-state index in [1.54, 1.807) is 42.5 Å². The van der Waals surface area contributed by atoms with E-state index < -0.39 is 5.97 Å². The summed E-state index contributed by atoms with van der Waals surface area (Å²) in [6, 6.07) is 19.6. The summed E-state index contributed by atoms with van der Waals surface area (Å²) in [5, 5.41) is 0.233. The van der Waals surface area contributed by atoms with Crippen molar-refractivity contribution in [3.63, 3.8) is 0 Å². The second kappa shape index (κ2) is 9.71. The van der Waals surface area contributed by atoms with E-state index in [2.05, 4.69) is 4.99 Å². The molecule has 4 rings (SSSR count). The lowest BCUT2D eigenvalue weighted by Crippen LogP contribution is -2.12. The predicted molar refractivity (Wildman–Crippen MR) is 126 cm³/mol. The molecule has 0 saturated carbocycles. The van der Waals surface area contributed by atoms with E-state index in [4.69, 9.17) is 25.8 Å². The predicted octanol–water partition coefficient (Wildman–Crippen LogP) is 5.26. The minimum atomic E-state index is -0.558. The second-order valence-electron chi connectivity index (χ2n) is 7.26. The van der Waals surface area contributed by atoms with Gasteiger partial charge in [0.25, 0.3) is 0 Å². The van der Waals surface area contributed by atoms with Crippen molar-refractivity contribution in [2.24, 2.45) is 4.99 Å². The maximum atomic E-state index is 12.4. The summed E-state index contributed by atoms with van der Waals surface area (Å²) in [6.45, 7) is 1.72. The molecule has 0 N–H and O–H groups in total. The van der Waals surface area contributed by atoms with Gasteiger partial charge in [-0.2, -0.15) is 0 Å². The van der Waals surface area contributed by atoms with Crippen LogP contribution in [-0.4, -0.2) is 31.4 Å². The van der Waals surface area contributed by atoms with E-state index in [-0.39, 0.29) is 34.8 Å². The number of carbonyl (C=O) groups is 2. The van der Waals surface area contributed by atoms with E-state index in [0.29, 0.717) is 16.9 Å². The van der Waals surface area contributed by atoms with Crippen LogP contribution < -0.4 is 9.47 Å². The summed E-state index contributed by atoms with van der Waals surface area (Å²) in [5.74, 6) is 0.0685. The Bertz CT molecular complexity index is 1280. The van der Waals surface area contributed by atoms with Gasteiger partial charge in [-0.1, -0.05) is 60.1 Å². The maximum absolute atomic E-state index is 12.4. The van der Waals surface area contributed by atoms with Gasteiger partial charge in [0.05, 0.1) is 12.1 Å². The molecule has 0 atom stereocenters. The van der Waals surface area contributed by atoms with Crippen molar-refractivity contribution in [3.05, 3.63) is 99.7 Å². The van der Waals surface area contributed by atoms with Crippen molar-refractivity contribution in [3.8, 4) is 11.5 Å². The first-order valence-electron chi connectivity index (χ1n) is 10.1. The molecule has 3 aromatic rings. The van der Waals surface area contributed by atoms with Crippen molar-refractivity contribution in [2.45, 2.75) is 6.92 Å². The molecule has 0 spiro atoms. The van der Waals surface area contributed by atoms with Crippen LogP contribution in [0.2, 0.25) is 5.02 Å². The number of aliphatic imine (C=N–C) groups is 1. The maximum Gasteiger partial charge on any atom is 0.363 e. The molecule has 0 unspecified atom stereocenters. The molecule has 7 heteroatoms. The first-order valence-corrected chi connectivity index (χ1v) is 10.5. The zero-order valence-corrected chi connectivity index (χ0v) is 18.8. The Morgan fingerprint density at radius 3 is 2.55 bits per heavy atom. The Balaban J connectivity index is 1.57. The Morgan fingerprint density at radius 2 is 1.82 bits per heavy atom. The molecule has 0 amide bonds. The van der Waals surface area contributed by atoms with Crippen LogP contribution in [0.5, 0.6) is 11.5 Å². The molecule has 0 bridgehead atoms. The summed E-state index contributed by atoms with van der Waals surface area (Å²) in [7, 11) is 1.47. The van der Waals surface area contributed by atoms with Crippen molar-refractivity contribution in [2.75, 3.05) is 13.7 Å². The summed E-state index contributed by atoms with van der Waals surface area (Å²) in [4.78, 5) is 29.1. The highest BCUT2D eigenvalue weighted by Crippen LogP contribution is 2.37. The van der Waals surface area contributed by atoms with Crippen molar-refractivity contribution in [1.29, 1.82) is 0 Å². The molecule has 0 radical (unpaired) electrons. The van der Waals surface area contributed by atoms with E-state index in [0.717, 1.165) is 11.1 Å². The molecular weight excluding hydrogens is 442 g/mol. The molecule has 33 heavy (non-hydrogen) atoms. The minimum absolute atomic E-state index is 0.138. The number of ether oxygens (including phenoxy) is 3. The third kappa shape index (κ3) is 4.96. The van der Waals surface area contributed by atoms with Gasteiger partial charge in [-0.25, -0.2) is 9.79 Å². The number of nitrogens with zero attached hydrogens (tertiary/aromatic N) is 1. The molecule has 3 aromatic carbocycles. The number of halogens is 1. The number of methoxy groups -OCH3 is 1. The van der Waals surface area contributed by atoms with Crippen LogP contribution in [0.1, 0.15) is 27.0 Å². The number of benzene rings is 3. The highest BCUT2D eigenvalue weighted by molar-refractivity contribution is 6.32. The fraction of sp³-hybridized carbons (Fsp3) is 0.115. The summed E-state index contributed by atoms with van der Waals surface area (Å²) < 4.78 is 16.4. The van der Waals surface area contributed by atoms with Crippen LogP contribution in [-0.2, 0) is 9.53 Å². The molecule has 1 aliphatic heterocycles. The fourth-order valence-electron chi connectivity index (χ4n) is 3.30. The smallest absolute Gasteiger partial charge is 0.363 e. The number of ketones is 1. The molecule has 6 nitrogen and oxygen atoms in total. The fourth-order valence-corrected chi connectivity index (χ4v) is 3.58. The van der Waals surface area contributed by atoms with Gasteiger partial charge < -0.3 is 14.2 Å². The number of esters is 1. The molecular formula is C26H20ClNO5.